The molecule has 1 aliphatic heterocycles. The van der Waals surface area contributed by atoms with Crippen molar-refractivity contribution in [2.75, 3.05) is 11.6 Å². The Morgan fingerprint density at radius 3 is 2.14 bits per heavy atom. The van der Waals surface area contributed by atoms with Crippen LogP contribution in [0.25, 0.3) is 0 Å². The zero-order chi connectivity index (χ0) is 20.7. The van der Waals surface area contributed by atoms with Crippen LogP contribution < -0.4 is 4.90 Å². The van der Waals surface area contributed by atoms with E-state index in [1.54, 1.807) is 0 Å². The van der Waals surface area contributed by atoms with Crippen LogP contribution in [-0.4, -0.2) is 35.5 Å². The van der Waals surface area contributed by atoms with Gasteiger partial charge in [-0.3, -0.25) is 24.2 Å². The minimum Gasteiger partial charge on any atom is -0.284 e. The molecule has 0 N–H and O–H groups in total. The van der Waals surface area contributed by atoms with E-state index in [1.807, 2.05) is 12.2 Å². The van der Waals surface area contributed by atoms with Gasteiger partial charge < -0.3 is 0 Å². The Kier molecular flexibility index (Phi) is 3.91. The Morgan fingerprint density at radius 2 is 1.62 bits per heavy atom. The summed E-state index contributed by atoms with van der Waals surface area (Å²) in [7, 11) is 0. The molecule has 29 heavy (non-hydrogen) atoms. The molecule has 0 aromatic heterocycles. The molecule has 6 atom stereocenters. The van der Waals surface area contributed by atoms with E-state index >= 15 is 0 Å². The number of amides is 3. The third kappa shape index (κ3) is 2.64. The molecule has 152 valence electrons. The van der Waals surface area contributed by atoms with Crippen LogP contribution in [0.4, 0.5) is 18.9 Å². The minimum absolute atomic E-state index is 0.0523. The highest BCUT2D eigenvalue weighted by Gasteiger charge is 2.67. The number of anilines is 1. The van der Waals surface area contributed by atoms with Gasteiger partial charge in [0.15, 0.2) is 0 Å². The van der Waals surface area contributed by atoms with Crippen LogP contribution in [-0.2, 0) is 14.4 Å². The van der Waals surface area contributed by atoms with Crippen LogP contribution >= 0.6 is 11.6 Å². The first-order chi connectivity index (χ1) is 13.7. The summed E-state index contributed by atoms with van der Waals surface area (Å²) in [6, 6.07) is 5.55. The van der Waals surface area contributed by atoms with E-state index in [4.69, 9.17) is 11.6 Å². The first kappa shape index (κ1) is 18.7. The SMILES string of the molecule is O=C1[C@H]2[C@@H]3C=C[C@H]([C@H]4C[C@H]34)[C@@H]2C(=O)N1CN(C(=O)C(F)(F)F)c1ccccc1Cl. The number of nitrogens with zero attached hydrogens (tertiary/aromatic N) is 2. The number of hydrogen-bond acceptors (Lipinski definition) is 3. The number of carbonyl (C=O) groups excluding carboxylic acids is 3. The fourth-order valence-corrected chi connectivity index (χ4v) is 5.61. The molecule has 0 radical (unpaired) electrons. The molecule has 3 fully saturated rings. The van der Waals surface area contributed by atoms with Gasteiger partial charge in [0.2, 0.25) is 11.8 Å². The van der Waals surface area contributed by atoms with Gasteiger partial charge in [-0.2, -0.15) is 13.2 Å². The molecule has 2 bridgehead atoms. The topological polar surface area (TPSA) is 57.7 Å². The molecule has 1 aromatic rings. The normalized spacial score (nSPS) is 34.3. The average Bonchev–Trinajstić information content (AvgIpc) is 3.45. The quantitative estimate of drug-likeness (QED) is 0.553. The zero-order valence-corrected chi connectivity index (χ0v) is 15.7. The zero-order valence-electron chi connectivity index (χ0n) is 15.0. The third-order valence-corrected chi connectivity index (χ3v) is 6.99. The molecule has 9 heteroatoms. The molecular weight excluding hydrogens is 409 g/mol. The largest absolute Gasteiger partial charge is 0.471 e. The Bertz CT molecular complexity index is 927. The fourth-order valence-electron chi connectivity index (χ4n) is 5.37. The van der Waals surface area contributed by atoms with Crippen LogP contribution in [0.5, 0.6) is 0 Å². The van der Waals surface area contributed by atoms with Crippen LogP contribution in [0.2, 0.25) is 5.02 Å². The summed E-state index contributed by atoms with van der Waals surface area (Å²) in [6.45, 7) is -0.804. The van der Waals surface area contributed by atoms with Gasteiger partial charge in [-0.1, -0.05) is 35.9 Å². The molecule has 4 aliphatic carbocycles. The van der Waals surface area contributed by atoms with Crippen molar-refractivity contribution in [1.29, 1.82) is 0 Å². The second-order valence-corrected chi connectivity index (χ2v) is 8.49. The van der Waals surface area contributed by atoms with E-state index in [1.165, 1.54) is 24.3 Å². The molecule has 2 saturated carbocycles. The second-order valence-electron chi connectivity index (χ2n) is 8.08. The lowest BCUT2D eigenvalue weighted by Gasteiger charge is -2.37. The molecule has 1 aromatic carbocycles. The standard InChI is InChI=1S/C20H16ClF3N2O3/c21-13-3-1-2-4-14(13)25(19(29)20(22,23)24)8-26-17(27)15-9-5-6-10(12-7-11(9)12)16(15)18(26)28/h1-6,9-12,15-16H,7-8H2/t9-,10-,11-,12-,15+,16+/m1/s1. The molecule has 0 unspecified atom stereocenters. The minimum atomic E-state index is -5.18. The van der Waals surface area contributed by atoms with Crippen LogP contribution in [0.1, 0.15) is 6.42 Å². The van der Waals surface area contributed by atoms with Crippen molar-refractivity contribution in [3.8, 4) is 0 Å². The molecule has 1 saturated heterocycles. The van der Waals surface area contributed by atoms with Crippen molar-refractivity contribution in [3.63, 3.8) is 0 Å². The van der Waals surface area contributed by atoms with E-state index < -0.39 is 42.4 Å². The van der Waals surface area contributed by atoms with E-state index in [2.05, 4.69) is 0 Å². The molecule has 5 nitrogen and oxygen atoms in total. The van der Waals surface area contributed by atoms with Crippen LogP contribution in [0.3, 0.4) is 0 Å². The lowest BCUT2D eigenvalue weighted by molar-refractivity contribution is -0.171. The van der Waals surface area contributed by atoms with E-state index in [0.29, 0.717) is 16.7 Å². The smallest absolute Gasteiger partial charge is 0.284 e. The van der Waals surface area contributed by atoms with Gasteiger partial charge in [0.25, 0.3) is 0 Å². The number of para-hydroxylation sites is 1. The maximum atomic E-state index is 13.2. The van der Waals surface area contributed by atoms with Gasteiger partial charge in [0, 0.05) is 0 Å². The predicted molar refractivity (Wildman–Crippen MR) is 96.4 cm³/mol. The first-order valence-electron chi connectivity index (χ1n) is 9.37. The fraction of sp³-hybridized carbons (Fsp3) is 0.450. The summed E-state index contributed by atoms with van der Waals surface area (Å²) in [5, 5.41) is -0.0791. The summed E-state index contributed by atoms with van der Waals surface area (Å²) in [5.74, 6) is -3.63. The van der Waals surface area contributed by atoms with E-state index in [9.17, 15) is 27.6 Å². The number of rotatable bonds is 3. The average molecular weight is 425 g/mol. The number of hydrogen-bond donors (Lipinski definition) is 0. The Labute approximate surface area is 169 Å². The molecule has 6 rings (SSSR count). The number of alkyl halides is 3. The molecule has 3 amide bonds. The summed E-state index contributed by atoms with van der Waals surface area (Å²) < 4.78 is 39.7. The number of imide groups is 1. The molecule has 5 aliphatic rings. The summed E-state index contributed by atoms with van der Waals surface area (Å²) >= 11 is 6.01. The van der Waals surface area contributed by atoms with Crippen molar-refractivity contribution in [1.82, 2.24) is 4.90 Å². The van der Waals surface area contributed by atoms with Gasteiger partial charge in [0.05, 0.1) is 22.5 Å². The number of likely N-dealkylation sites (tertiary alicyclic amines) is 1. The van der Waals surface area contributed by atoms with Crippen molar-refractivity contribution >= 4 is 35.0 Å². The summed E-state index contributed by atoms with van der Waals surface area (Å²) in [6.07, 6.45) is -0.253. The Hall–Kier alpha value is -2.35. The number of allylic oxidation sites excluding steroid dienone is 2. The van der Waals surface area contributed by atoms with E-state index in [-0.39, 0.29) is 22.5 Å². The van der Waals surface area contributed by atoms with Crippen LogP contribution in [0, 0.1) is 35.5 Å². The number of carbonyl (C=O) groups is 3. The first-order valence-corrected chi connectivity index (χ1v) is 9.74. The van der Waals surface area contributed by atoms with Gasteiger partial charge >= 0.3 is 12.1 Å². The highest BCUT2D eigenvalue weighted by atomic mass is 35.5. The number of halogens is 4. The third-order valence-electron chi connectivity index (χ3n) is 6.67. The second kappa shape index (κ2) is 6.08. The van der Waals surface area contributed by atoms with Gasteiger partial charge in [-0.15, -0.1) is 0 Å². The summed E-state index contributed by atoms with van der Waals surface area (Å²) in [4.78, 5) is 39.4. The van der Waals surface area contributed by atoms with Crippen molar-refractivity contribution in [2.45, 2.75) is 12.6 Å². The van der Waals surface area contributed by atoms with Crippen molar-refractivity contribution in [2.24, 2.45) is 35.5 Å². The Balaban J connectivity index is 1.48. The molecule has 0 spiro atoms. The monoisotopic (exact) mass is 424 g/mol. The highest BCUT2D eigenvalue weighted by Crippen LogP contribution is 2.65. The van der Waals surface area contributed by atoms with Crippen molar-refractivity contribution < 1.29 is 27.6 Å². The van der Waals surface area contributed by atoms with Gasteiger partial charge in [0.1, 0.15) is 6.67 Å². The predicted octanol–water partition coefficient (Wildman–Crippen LogP) is 3.25. The lowest BCUT2D eigenvalue weighted by atomic mass is 9.63. The maximum absolute atomic E-state index is 13.2. The van der Waals surface area contributed by atoms with Crippen LogP contribution in [0.15, 0.2) is 36.4 Å². The molecule has 1 heterocycles. The van der Waals surface area contributed by atoms with Gasteiger partial charge in [-0.05, 0) is 42.2 Å². The van der Waals surface area contributed by atoms with E-state index in [0.717, 1.165) is 11.3 Å². The van der Waals surface area contributed by atoms with Crippen molar-refractivity contribution in [3.05, 3.63) is 41.4 Å². The lowest BCUT2D eigenvalue weighted by Crippen LogP contribution is -2.49. The highest BCUT2D eigenvalue weighted by molar-refractivity contribution is 6.33. The summed E-state index contributed by atoms with van der Waals surface area (Å²) in [5.41, 5.74) is -0.198. The number of benzene rings is 1. The maximum Gasteiger partial charge on any atom is 0.471 e. The van der Waals surface area contributed by atoms with Gasteiger partial charge in [-0.25, -0.2) is 0 Å². The Morgan fingerprint density at radius 1 is 1.07 bits per heavy atom. The molecular formula is C20H16ClF3N2O3.